The Morgan fingerprint density at radius 3 is 3.00 bits per heavy atom. The topological polar surface area (TPSA) is 44.9 Å². The van der Waals surface area contributed by atoms with E-state index in [9.17, 15) is 5.26 Å². The molecule has 1 aromatic heterocycles. The number of aromatic nitrogens is 2. The van der Waals surface area contributed by atoms with Gasteiger partial charge in [0.15, 0.2) is 0 Å². The van der Waals surface area contributed by atoms with Crippen LogP contribution in [0, 0.1) is 23.7 Å². The fourth-order valence-corrected chi connectivity index (χ4v) is 3.29. The summed E-state index contributed by atoms with van der Waals surface area (Å²) in [6, 6.07) is 10.9. The van der Waals surface area contributed by atoms with Crippen LogP contribution in [-0.4, -0.2) is 27.8 Å². The molecule has 114 valence electrons. The van der Waals surface area contributed by atoms with Gasteiger partial charge < -0.3 is 0 Å². The van der Waals surface area contributed by atoms with Gasteiger partial charge >= 0.3 is 0 Å². The van der Waals surface area contributed by atoms with Crippen molar-refractivity contribution in [2.24, 2.45) is 5.41 Å². The van der Waals surface area contributed by atoms with Gasteiger partial charge in [-0.25, -0.2) is 4.68 Å². The van der Waals surface area contributed by atoms with Crippen molar-refractivity contribution in [1.82, 2.24) is 14.7 Å². The number of aryl methyl sites for hydroxylation is 1. The Morgan fingerprint density at radius 2 is 2.27 bits per heavy atom. The van der Waals surface area contributed by atoms with Crippen molar-refractivity contribution in [2.75, 3.05) is 13.1 Å². The Morgan fingerprint density at radius 1 is 1.41 bits per heavy atom. The lowest BCUT2D eigenvalue weighted by Crippen LogP contribution is -2.40. The summed E-state index contributed by atoms with van der Waals surface area (Å²) in [6.45, 7) is 6.96. The van der Waals surface area contributed by atoms with Crippen LogP contribution < -0.4 is 0 Å². The van der Waals surface area contributed by atoms with Gasteiger partial charge in [0.25, 0.3) is 0 Å². The first-order valence-corrected chi connectivity index (χ1v) is 7.83. The Kier molecular flexibility index (Phi) is 4.00. The summed E-state index contributed by atoms with van der Waals surface area (Å²) in [7, 11) is 0. The second-order valence-corrected chi connectivity index (χ2v) is 6.57. The molecule has 0 bridgehead atoms. The molecule has 1 unspecified atom stereocenters. The number of piperidine rings is 1. The zero-order valence-electron chi connectivity index (χ0n) is 13.3. The van der Waals surface area contributed by atoms with E-state index < -0.39 is 0 Å². The predicted molar refractivity (Wildman–Crippen MR) is 86.5 cm³/mol. The Labute approximate surface area is 132 Å². The SMILES string of the molecule is Cc1ccc(-n2cccn2)c(CN2CCCC(C)(C#N)C2)c1. The number of rotatable bonds is 3. The van der Waals surface area contributed by atoms with E-state index in [0.29, 0.717) is 0 Å². The normalized spacial score (nSPS) is 22.4. The molecule has 4 heteroatoms. The van der Waals surface area contributed by atoms with Crippen LogP contribution in [0.25, 0.3) is 5.69 Å². The van der Waals surface area contributed by atoms with E-state index in [4.69, 9.17) is 0 Å². The van der Waals surface area contributed by atoms with Crippen LogP contribution in [0.4, 0.5) is 0 Å². The number of nitrogens with zero attached hydrogens (tertiary/aromatic N) is 4. The van der Waals surface area contributed by atoms with Crippen molar-refractivity contribution in [1.29, 1.82) is 5.26 Å². The molecule has 0 spiro atoms. The summed E-state index contributed by atoms with van der Waals surface area (Å²) < 4.78 is 1.92. The summed E-state index contributed by atoms with van der Waals surface area (Å²) in [5.41, 5.74) is 3.44. The van der Waals surface area contributed by atoms with Crippen LogP contribution in [0.2, 0.25) is 0 Å². The standard InChI is InChI=1S/C18H22N4/c1-15-5-6-17(22-10-4-8-20-22)16(11-15)12-21-9-3-7-18(2,13-19)14-21/h4-6,8,10-11H,3,7,9,12,14H2,1-2H3. The molecule has 1 fully saturated rings. The van der Waals surface area contributed by atoms with Crippen LogP contribution >= 0.6 is 0 Å². The minimum atomic E-state index is -0.214. The molecular weight excluding hydrogens is 272 g/mol. The molecule has 0 N–H and O–H groups in total. The van der Waals surface area contributed by atoms with E-state index in [1.54, 1.807) is 6.20 Å². The van der Waals surface area contributed by atoms with Gasteiger partial charge in [-0.1, -0.05) is 17.7 Å². The molecule has 1 atom stereocenters. The number of benzene rings is 1. The van der Waals surface area contributed by atoms with E-state index in [1.165, 1.54) is 11.1 Å². The van der Waals surface area contributed by atoms with Gasteiger partial charge in [-0.2, -0.15) is 10.4 Å². The Bertz CT molecular complexity index is 684. The number of hydrogen-bond acceptors (Lipinski definition) is 3. The molecule has 2 aromatic rings. The van der Waals surface area contributed by atoms with E-state index in [0.717, 1.165) is 38.2 Å². The second-order valence-electron chi connectivity index (χ2n) is 6.57. The summed E-state index contributed by atoms with van der Waals surface area (Å²) in [4.78, 5) is 2.40. The maximum atomic E-state index is 9.39. The molecule has 4 nitrogen and oxygen atoms in total. The maximum absolute atomic E-state index is 9.39. The van der Waals surface area contributed by atoms with Crippen molar-refractivity contribution in [3.05, 3.63) is 47.8 Å². The minimum absolute atomic E-state index is 0.214. The Hall–Kier alpha value is -2.12. The van der Waals surface area contributed by atoms with Gasteiger partial charge in [0.1, 0.15) is 0 Å². The third-order valence-electron chi connectivity index (χ3n) is 4.43. The monoisotopic (exact) mass is 294 g/mol. The molecule has 0 aliphatic carbocycles. The smallest absolute Gasteiger partial charge is 0.0700 e. The summed E-state index contributed by atoms with van der Waals surface area (Å²) in [5, 5.41) is 13.8. The lowest BCUT2D eigenvalue weighted by Gasteiger charge is -2.36. The Balaban J connectivity index is 1.86. The van der Waals surface area contributed by atoms with E-state index in [-0.39, 0.29) is 5.41 Å². The molecule has 1 aromatic carbocycles. The average molecular weight is 294 g/mol. The molecule has 0 saturated carbocycles. The van der Waals surface area contributed by atoms with Crippen LogP contribution in [-0.2, 0) is 6.54 Å². The maximum Gasteiger partial charge on any atom is 0.0700 e. The van der Waals surface area contributed by atoms with Crippen molar-refractivity contribution in [3.8, 4) is 11.8 Å². The molecular formula is C18H22N4. The first kappa shape index (κ1) is 14.8. The van der Waals surface area contributed by atoms with E-state index in [2.05, 4.69) is 48.1 Å². The van der Waals surface area contributed by atoms with Gasteiger partial charge in [-0.05, 0) is 50.9 Å². The number of likely N-dealkylation sites (tertiary alicyclic amines) is 1. The third-order valence-corrected chi connectivity index (χ3v) is 4.43. The summed E-state index contributed by atoms with van der Waals surface area (Å²) in [5.74, 6) is 0. The fourth-order valence-electron chi connectivity index (χ4n) is 3.29. The lowest BCUT2D eigenvalue weighted by atomic mass is 9.83. The largest absolute Gasteiger partial charge is 0.297 e. The molecule has 1 aliphatic heterocycles. The third kappa shape index (κ3) is 3.05. The van der Waals surface area contributed by atoms with Crippen molar-refractivity contribution < 1.29 is 0 Å². The van der Waals surface area contributed by atoms with Gasteiger partial charge in [-0.15, -0.1) is 0 Å². The highest BCUT2D eigenvalue weighted by atomic mass is 15.3. The van der Waals surface area contributed by atoms with Gasteiger partial charge in [0, 0.05) is 25.5 Å². The molecule has 22 heavy (non-hydrogen) atoms. The summed E-state index contributed by atoms with van der Waals surface area (Å²) >= 11 is 0. The number of hydrogen-bond donors (Lipinski definition) is 0. The second kappa shape index (κ2) is 5.94. The minimum Gasteiger partial charge on any atom is -0.297 e. The van der Waals surface area contributed by atoms with Crippen molar-refractivity contribution >= 4 is 0 Å². The number of nitriles is 1. The first-order valence-electron chi connectivity index (χ1n) is 7.83. The van der Waals surface area contributed by atoms with E-state index in [1.807, 2.05) is 16.9 Å². The highest BCUT2D eigenvalue weighted by Crippen LogP contribution is 2.30. The zero-order chi connectivity index (χ0) is 15.6. The van der Waals surface area contributed by atoms with E-state index >= 15 is 0 Å². The molecule has 1 saturated heterocycles. The highest BCUT2D eigenvalue weighted by Gasteiger charge is 2.31. The highest BCUT2D eigenvalue weighted by molar-refractivity contribution is 5.42. The van der Waals surface area contributed by atoms with Gasteiger partial charge in [0.2, 0.25) is 0 Å². The average Bonchev–Trinajstić information content (AvgIpc) is 3.02. The molecule has 0 amide bonds. The van der Waals surface area contributed by atoms with Crippen LogP contribution in [0.3, 0.4) is 0 Å². The molecule has 0 radical (unpaired) electrons. The van der Waals surface area contributed by atoms with Gasteiger partial charge in [0.05, 0.1) is 17.2 Å². The predicted octanol–water partition coefficient (Wildman–Crippen LogP) is 3.31. The van der Waals surface area contributed by atoms with Gasteiger partial charge in [-0.3, -0.25) is 4.90 Å². The molecule has 3 rings (SSSR count). The van der Waals surface area contributed by atoms with Crippen LogP contribution in [0.5, 0.6) is 0 Å². The molecule has 1 aliphatic rings. The lowest BCUT2D eigenvalue weighted by molar-refractivity contribution is 0.136. The summed E-state index contributed by atoms with van der Waals surface area (Å²) in [6.07, 6.45) is 5.87. The van der Waals surface area contributed by atoms with Crippen LogP contribution in [0.1, 0.15) is 30.9 Å². The zero-order valence-corrected chi connectivity index (χ0v) is 13.3. The van der Waals surface area contributed by atoms with Crippen LogP contribution in [0.15, 0.2) is 36.7 Å². The van der Waals surface area contributed by atoms with Crippen molar-refractivity contribution in [2.45, 2.75) is 33.2 Å². The molecule has 2 heterocycles. The first-order chi connectivity index (χ1) is 10.6. The quantitative estimate of drug-likeness (QED) is 0.872. The fraction of sp³-hybridized carbons (Fsp3) is 0.444. The van der Waals surface area contributed by atoms with Crippen molar-refractivity contribution in [3.63, 3.8) is 0 Å².